The maximum absolute atomic E-state index is 12.5. The van der Waals surface area contributed by atoms with Crippen molar-refractivity contribution in [2.75, 3.05) is 13.2 Å². The molecule has 0 saturated carbocycles. The molecular formula is C27H26N4O4S. The van der Waals surface area contributed by atoms with Gasteiger partial charge in [0.25, 0.3) is 11.6 Å². The monoisotopic (exact) mass is 502 g/mol. The van der Waals surface area contributed by atoms with E-state index in [0.29, 0.717) is 13.2 Å². The Morgan fingerprint density at radius 2 is 1.89 bits per heavy atom. The number of rotatable bonds is 8. The summed E-state index contributed by atoms with van der Waals surface area (Å²) in [7, 11) is 0. The van der Waals surface area contributed by atoms with E-state index < -0.39 is 10.8 Å². The van der Waals surface area contributed by atoms with Crippen LogP contribution in [0.5, 0.6) is 0 Å². The van der Waals surface area contributed by atoms with Crippen molar-refractivity contribution < 1.29 is 14.5 Å². The summed E-state index contributed by atoms with van der Waals surface area (Å²) in [5.74, 6) is -0.398. The number of amides is 1. The first kappa shape index (κ1) is 25.2. The number of nitro benzene ring substituents is 1. The smallest absolute Gasteiger partial charge is 0.269 e. The minimum absolute atomic E-state index is 0.0144. The molecule has 184 valence electrons. The summed E-state index contributed by atoms with van der Waals surface area (Å²) in [6.45, 7) is 5.05. The van der Waals surface area contributed by atoms with Crippen molar-refractivity contribution in [1.82, 2.24) is 9.88 Å². The van der Waals surface area contributed by atoms with Crippen molar-refractivity contribution in [3.05, 3.63) is 87.2 Å². The summed E-state index contributed by atoms with van der Waals surface area (Å²) >= 11 is 1.52. The summed E-state index contributed by atoms with van der Waals surface area (Å²) in [4.78, 5) is 24.9. The molecule has 1 aromatic heterocycles. The number of hydrogen-bond acceptors (Lipinski definition) is 6. The second-order valence-electron chi connectivity index (χ2n) is 8.52. The largest absolute Gasteiger partial charge is 0.376 e. The van der Waals surface area contributed by atoms with Crippen LogP contribution in [-0.2, 0) is 9.53 Å². The normalized spacial score (nSPS) is 15.5. The van der Waals surface area contributed by atoms with Crippen LogP contribution in [0.1, 0.15) is 29.8 Å². The second-order valence-corrected chi connectivity index (χ2v) is 9.67. The molecule has 4 rings (SSSR count). The fourth-order valence-corrected chi connectivity index (χ4v) is 4.99. The van der Waals surface area contributed by atoms with Gasteiger partial charge in [0.1, 0.15) is 11.6 Å². The van der Waals surface area contributed by atoms with Gasteiger partial charge in [-0.05, 0) is 80.8 Å². The molecule has 1 saturated heterocycles. The second kappa shape index (κ2) is 11.2. The van der Waals surface area contributed by atoms with Crippen LogP contribution in [0.25, 0.3) is 11.8 Å². The fraction of sp³-hybridized carbons (Fsp3) is 0.259. The Kier molecular flexibility index (Phi) is 7.88. The molecule has 1 fully saturated rings. The summed E-state index contributed by atoms with van der Waals surface area (Å²) in [5, 5.41) is 23.2. The van der Waals surface area contributed by atoms with E-state index in [1.54, 1.807) is 18.2 Å². The van der Waals surface area contributed by atoms with Gasteiger partial charge in [0.2, 0.25) is 0 Å². The maximum Gasteiger partial charge on any atom is 0.269 e. The third-order valence-corrected chi connectivity index (χ3v) is 7.04. The van der Waals surface area contributed by atoms with Gasteiger partial charge in [-0.2, -0.15) is 5.26 Å². The van der Waals surface area contributed by atoms with Crippen LogP contribution in [0.4, 0.5) is 5.69 Å². The molecule has 9 heteroatoms. The van der Waals surface area contributed by atoms with Gasteiger partial charge in [0, 0.05) is 52.2 Å². The van der Waals surface area contributed by atoms with Crippen molar-refractivity contribution in [2.24, 2.45) is 0 Å². The molecule has 36 heavy (non-hydrogen) atoms. The third-order valence-electron chi connectivity index (χ3n) is 6.03. The molecule has 0 spiro atoms. The standard InChI is InChI=1S/C27H26N4O4S/c1-18-14-20(15-21(16-28)27(32)29-17-24-4-3-13-35-24)19(2)30(18)22-5-9-25(10-6-22)36-26-11-7-23(8-12-26)31(33)34/h5-12,14-15,24H,3-4,13,17H2,1-2H3,(H,29,32)/b21-15-/t24-/m1/s1. The zero-order chi connectivity index (χ0) is 25.7. The molecule has 8 nitrogen and oxygen atoms in total. The lowest BCUT2D eigenvalue weighted by atomic mass is 10.1. The molecule has 1 aliphatic heterocycles. The van der Waals surface area contributed by atoms with E-state index in [1.165, 1.54) is 23.9 Å². The number of hydrogen-bond donors (Lipinski definition) is 1. The maximum atomic E-state index is 12.5. The van der Waals surface area contributed by atoms with E-state index in [2.05, 4.69) is 9.88 Å². The SMILES string of the molecule is Cc1cc(/C=C(/C#N)C(=O)NC[C@H]2CCCO2)c(C)n1-c1ccc(Sc2ccc([N+](=O)[O-])cc2)cc1. The molecule has 1 N–H and O–H groups in total. The number of nitrogens with zero attached hydrogens (tertiary/aromatic N) is 3. The molecule has 2 heterocycles. The van der Waals surface area contributed by atoms with Gasteiger partial charge >= 0.3 is 0 Å². The van der Waals surface area contributed by atoms with Crippen LogP contribution in [0, 0.1) is 35.3 Å². The van der Waals surface area contributed by atoms with Crippen molar-refractivity contribution in [3.8, 4) is 11.8 Å². The van der Waals surface area contributed by atoms with E-state index >= 15 is 0 Å². The highest BCUT2D eigenvalue weighted by molar-refractivity contribution is 7.99. The number of carbonyl (C=O) groups is 1. The number of non-ortho nitro benzene ring substituents is 1. The summed E-state index contributed by atoms with van der Waals surface area (Å²) < 4.78 is 7.61. The van der Waals surface area contributed by atoms with Crippen LogP contribution in [0.2, 0.25) is 0 Å². The number of carbonyl (C=O) groups excluding carboxylic acids is 1. The van der Waals surface area contributed by atoms with Crippen molar-refractivity contribution in [1.29, 1.82) is 5.26 Å². The number of aromatic nitrogens is 1. The Hall–Kier alpha value is -3.87. The van der Waals surface area contributed by atoms with Gasteiger partial charge in [-0.25, -0.2) is 0 Å². The molecule has 0 aliphatic carbocycles. The molecule has 1 aliphatic rings. The lowest BCUT2D eigenvalue weighted by molar-refractivity contribution is -0.384. The van der Waals surface area contributed by atoms with Gasteiger partial charge in [-0.3, -0.25) is 14.9 Å². The van der Waals surface area contributed by atoms with Crippen LogP contribution >= 0.6 is 11.8 Å². The Bertz CT molecular complexity index is 1330. The highest BCUT2D eigenvalue weighted by Gasteiger charge is 2.18. The molecule has 3 aromatic rings. The molecular weight excluding hydrogens is 476 g/mol. The van der Waals surface area contributed by atoms with E-state index in [1.807, 2.05) is 50.2 Å². The van der Waals surface area contributed by atoms with E-state index in [4.69, 9.17) is 4.74 Å². The quantitative estimate of drug-likeness (QED) is 0.192. The highest BCUT2D eigenvalue weighted by atomic mass is 32.2. The summed E-state index contributed by atoms with van der Waals surface area (Å²) in [6.07, 6.45) is 3.55. The van der Waals surface area contributed by atoms with Crippen LogP contribution < -0.4 is 5.32 Å². The Morgan fingerprint density at radius 3 is 2.47 bits per heavy atom. The minimum Gasteiger partial charge on any atom is -0.376 e. The van der Waals surface area contributed by atoms with Gasteiger partial charge < -0.3 is 14.6 Å². The number of nitrogens with one attached hydrogen (secondary N) is 1. The number of ether oxygens (including phenoxy) is 1. The Labute approximate surface area is 213 Å². The third kappa shape index (κ3) is 5.85. The topological polar surface area (TPSA) is 110 Å². The number of nitriles is 1. The number of nitro groups is 1. The average molecular weight is 503 g/mol. The molecule has 0 radical (unpaired) electrons. The predicted molar refractivity (Wildman–Crippen MR) is 138 cm³/mol. The first-order valence-corrected chi connectivity index (χ1v) is 12.4. The zero-order valence-corrected chi connectivity index (χ0v) is 20.9. The van der Waals surface area contributed by atoms with E-state index in [0.717, 1.165) is 45.3 Å². The first-order chi connectivity index (χ1) is 17.4. The van der Waals surface area contributed by atoms with Crippen LogP contribution in [-0.4, -0.2) is 34.7 Å². The molecule has 2 aromatic carbocycles. The molecule has 0 bridgehead atoms. The Balaban J connectivity index is 1.48. The Morgan fingerprint density at radius 1 is 1.22 bits per heavy atom. The molecule has 1 amide bonds. The van der Waals surface area contributed by atoms with Crippen molar-refractivity contribution >= 4 is 29.4 Å². The number of benzene rings is 2. The zero-order valence-electron chi connectivity index (χ0n) is 20.1. The van der Waals surface area contributed by atoms with Gasteiger partial charge in [-0.1, -0.05) is 11.8 Å². The summed E-state index contributed by atoms with van der Waals surface area (Å²) in [5.41, 5.74) is 3.79. The van der Waals surface area contributed by atoms with Crippen molar-refractivity contribution in [3.63, 3.8) is 0 Å². The first-order valence-electron chi connectivity index (χ1n) is 11.6. The summed E-state index contributed by atoms with van der Waals surface area (Å²) in [6, 6.07) is 18.4. The lowest BCUT2D eigenvalue weighted by Gasteiger charge is -2.11. The van der Waals surface area contributed by atoms with Crippen LogP contribution in [0.3, 0.4) is 0 Å². The average Bonchev–Trinajstić information content (AvgIpc) is 3.49. The highest BCUT2D eigenvalue weighted by Crippen LogP contribution is 2.30. The molecule has 0 unspecified atom stereocenters. The lowest BCUT2D eigenvalue weighted by Crippen LogP contribution is -2.32. The molecule has 1 atom stereocenters. The number of aryl methyl sites for hydroxylation is 1. The predicted octanol–water partition coefficient (Wildman–Crippen LogP) is 5.36. The van der Waals surface area contributed by atoms with Crippen molar-refractivity contribution in [2.45, 2.75) is 42.6 Å². The van der Waals surface area contributed by atoms with Gasteiger partial charge in [0.05, 0.1) is 11.0 Å². The van der Waals surface area contributed by atoms with Crippen LogP contribution in [0.15, 0.2) is 70.0 Å². The van der Waals surface area contributed by atoms with E-state index in [9.17, 15) is 20.2 Å². The van der Waals surface area contributed by atoms with Gasteiger partial charge in [0.15, 0.2) is 0 Å². The fourth-order valence-electron chi connectivity index (χ4n) is 4.18. The minimum atomic E-state index is -0.411. The van der Waals surface area contributed by atoms with Gasteiger partial charge in [-0.15, -0.1) is 0 Å². The van der Waals surface area contributed by atoms with E-state index in [-0.39, 0.29) is 17.4 Å².